The average molecular weight is 475 g/mol. The Morgan fingerprint density at radius 1 is 0.909 bits per heavy atom. The zero-order valence-electron chi connectivity index (χ0n) is 20.8. The van der Waals surface area contributed by atoms with Crippen molar-refractivity contribution in [2.45, 2.75) is 102 Å². The van der Waals surface area contributed by atoms with Crippen molar-refractivity contribution in [3.63, 3.8) is 0 Å². The number of aryl methyl sites for hydroxylation is 1. The van der Waals surface area contributed by atoms with Crippen molar-refractivity contribution in [3.05, 3.63) is 29.3 Å². The van der Waals surface area contributed by atoms with E-state index in [1.807, 2.05) is 0 Å². The molecule has 0 bridgehead atoms. The molecule has 0 aromatic heterocycles. The summed E-state index contributed by atoms with van der Waals surface area (Å²) in [5.74, 6) is 1.94. The van der Waals surface area contributed by atoms with Gasteiger partial charge in [-0.05, 0) is 131 Å². The number of benzene rings is 1. The van der Waals surface area contributed by atoms with Crippen LogP contribution in [0.4, 0.5) is 0 Å². The minimum Gasteiger partial charge on any atom is -0.494 e. The summed E-state index contributed by atoms with van der Waals surface area (Å²) in [6.07, 6.45) is 20.9. The van der Waals surface area contributed by atoms with Crippen LogP contribution in [-0.4, -0.2) is 43.7 Å². The molecule has 1 saturated heterocycles. The summed E-state index contributed by atoms with van der Waals surface area (Å²) in [7, 11) is 0. The maximum absolute atomic E-state index is 6.14. The quantitative estimate of drug-likeness (QED) is 0.431. The topological polar surface area (TPSA) is 24.5 Å². The van der Waals surface area contributed by atoms with Crippen LogP contribution in [0, 0.1) is 11.3 Å². The number of hydrogen-bond donors (Lipinski definition) is 1. The number of halogens is 1. The Bertz CT molecular complexity index is 716. The summed E-state index contributed by atoms with van der Waals surface area (Å²) in [5, 5.41) is 3.83. The van der Waals surface area contributed by atoms with Crippen molar-refractivity contribution in [1.29, 1.82) is 0 Å². The molecule has 4 heteroatoms. The number of likely N-dealkylation sites (tertiary alicyclic amines) is 1. The Hall–Kier alpha value is -0.770. The Morgan fingerprint density at radius 3 is 2.48 bits per heavy atom. The molecule has 1 atom stereocenters. The number of hydrogen-bond acceptors (Lipinski definition) is 3. The summed E-state index contributed by atoms with van der Waals surface area (Å²) < 4.78 is 6.14. The molecular formula is C29H47ClN2O. The largest absolute Gasteiger partial charge is 0.494 e. The molecule has 3 aliphatic carbocycles. The van der Waals surface area contributed by atoms with E-state index in [4.69, 9.17) is 4.74 Å². The van der Waals surface area contributed by atoms with E-state index in [9.17, 15) is 0 Å². The van der Waals surface area contributed by atoms with Crippen molar-refractivity contribution in [2.24, 2.45) is 11.3 Å². The first kappa shape index (κ1) is 25.3. The summed E-state index contributed by atoms with van der Waals surface area (Å²) in [5.41, 5.74) is 3.85. The van der Waals surface area contributed by atoms with Gasteiger partial charge in [-0.1, -0.05) is 25.3 Å². The molecule has 1 spiro atoms. The van der Waals surface area contributed by atoms with E-state index in [0.29, 0.717) is 0 Å². The Balaban J connectivity index is 0.00000259. The Kier molecular flexibility index (Phi) is 9.42. The predicted octanol–water partition coefficient (Wildman–Crippen LogP) is 6.56. The van der Waals surface area contributed by atoms with Gasteiger partial charge in [0.1, 0.15) is 5.75 Å². The normalized spacial score (nSPS) is 25.5. The zero-order valence-corrected chi connectivity index (χ0v) is 21.6. The molecular weight excluding hydrogens is 428 g/mol. The van der Waals surface area contributed by atoms with E-state index in [0.717, 1.165) is 42.7 Å². The number of nitrogens with zero attached hydrogens (tertiary/aromatic N) is 1. The van der Waals surface area contributed by atoms with Crippen LogP contribution in [0.3, 0.4) is 0 Å². The van der Waals surface area contributed by atoms with Crippen LogP contribution in [-0.2, 0) is 12.8 Å². The van der Waals surface area contributed by atoms with Crippen LogP contribution < -0.4 is 10.1 Å². The molecule has 1 aromatic carbocycles. The third-order valence-corrected chi connectivity index (χ3v) is 9.21. The van der Waals surface area contributed by atoms with E-state index in [1.54, 1.807) is 5.56 Å². The lowest BCUT2D eigenvalue weighted by Crippen LogP contribution is -2.39. The van der Waals surface area contributed by atoms with Crippen LogP contribution in [0.5, 0.6) is 5.75 Å². The van der Waals surface area contributed by atoms with Crippen LogP contribution >= 0.6 is 12.4 Å². The van der Waals surface area contributed by atoms with E-state index in [2.05, 4.69) is 28.4 Å². The number of fused-ring (bicyclic) bond motifs is 1. The molecule has 3 fully saturated rings. The van der Waals surface area contributed by atoms with Gasteiger partial charge < -0.3 is 15.0 Å². The minimum absolute atomic E-state index is 0. The summed E-state index contributed by atoms with van der Waals surface area (Å²) in [6.45, 7) is 5.90. The van der Waals surface area contributed by atoms with Crippen LogP contribution in [0.2, 0.25) is 0 Å². The Morgan fingerprint density at radius 2 is 1.70 bits per heavy atom. The van der Waals surface area contributed by atoms with E-state index in [1.165, 1.54) is 115 Å². The number of nitrogens with one attached hydrogen (secondary N) is 1. The van der Waals surface area contributed by atoms with Gasteiger partial charge in [-0.3, -0.25) is 0 Å². The molecule has 0 amide bonds. The third kappa shape index (κ3) is 6.89. The fourth-order valence-electron chi connectivity index (χ4n) is 7.19. The summed E-state index contributed by atoms with van der Waals surface area (Å²) >= 11 is 0. The Labute approximate surface area is 208 Å². The highest BCUT2D eigenvalue weighted by molar-refractivity contribution is 5.85. The zero-order chi connectivity index (χ0) is 21.6. The third-order valence-electron chi connectivity index (χ3n) is 9.21. The lowest BCUT2D eigenvalue weighted by molar-refractivity contribution is 0.107. The smallest absolute Gasteiger partial charge is 0.119 e. The molecule has 5 rings (SSSR count). The molecule has 1 heterocycles. The van der Waals surface area contributed by atoms with Gasteiger partial charge in [0.05, 0.1) is 6.61 Å². The maximum atomic E-state index is 6.14. The van der Waals surface area contributed by atoms with Crippen molar-refractivity contribution in [1.82, 2.24) is 10.2 Å². The average Bonchev–Trinajstić information content (AvgIpc) is 3.34. The fourth-order valence-corrected chi connectivity index (χ4v) is 7.19. The molecule has 33 heavy (non-hydrogen) atoms. The van der Waals surface area contributed by atoms with Gasteiger partial charge >= 0.3 is 0 Å². The van der Waals surface area contributed by atoms with Crippen LogP contribution in [0.15, 0.2) is 18.2 Å². The molecule has 0 radical (unpaired) electrons. The number of rotatable bonds is 8. The lowest BCUT2D eigenvalue weighted by Gasteiger charge is -2.43. The van der Waals surface area contributed by atoms with Gasteiger partial charge in [-0.2, -0.15) is 0 Å². The van der Waals surface area contributed by atoms with Crippen LogP contribution in [0.25, 0.3) is 0 Å². The van der Waals surface area contributed by atoms with Gasteiger partial charge in [0, 0.05) is 12.6 Å². The first-order chi connectivity index (χ1) is 15.8. The monoisotopic (exact) mass is 474 g/mol. The molecule has 1 aliphatic heterocycles. The van der Waals surface area contributed by atoms with Gasteiger partial charge in [0.15, 0.2) is 0 Å². The highest BCUT2D eigenvalue weighted by Gasteiger charge is 2.35. The van der Waals surface area contributed by atoms with Crippen molar-refractivity contribution < 1.29 is 4.74 Å². The second kappa shape index (κ2) is 12.3. The van der Waals surface area contributed by atoms with E-state index in [-0.39, 0.29) is 12.4 Å². The second-order valence-electron chi connectivity index (χ2n) is 11.5. The molecule has 3 nitrogen and oxygen atoms in total. The molecule has 186 valence electrons. The second-order valence-corrected chi connectivity index (χ2v) is 11.5. The van der Waals surface area contributed by atoms with Crippen molar-refractivity contribution >= 4 is 12.4 Å². The van der Waals surface area contributed by atoms with Crippen molar-refractivity contribution in [2.75, 3.05) is 32.8 Å². The van der Waals surface area contributed by atoms with Gasteiger partial charge in [-0.15, -0.1) is 12.4 Å². The van der Waals surface area contributed by atoms with Crippen molar-refractivity contribution in [3.8, 4) is 5.75 Å². The molecule has 4 aliphatic rings. The SMILES string of the molecule is Cl.c1cc2c(cc1OCCCNC1CCC3(CCCCC3)CC1)CCC(CN1CCCC1)C2. The fraction of sp³-hybridized carbons (Fsp3) is 0.793. The first-order valence-electron chi connectivity index (χ1n) is 14.0. The highest BCUT2D eigenvalue weighted by Crippen LogP contribution is 2.47. The van der Waals surface area contributed by atoms with Gasteiger partial charge in [0.2, 0.25) is 0 Å². The molecule has 1 N–H and O–H groups in total. The maximum Gasteiger partial charge on any atom is 0.119 e. The summed E-state index contributed by atoms with van der Waals surface area (Å²) in [6, 6.07) is 7.65. The van der Waals surface area contributed by atoms with Crippen LogP contribution in [0.1, 0.15) is 94.6 Å². The van der Waals surface area contributed by atoms with E-state index < -0.39 is 0 Å². The first-order valence-corrected chi connectivity index (χ1v) is 14.0. The highest BCUT2D eigenvalue weighted by atomic mass is 35.5. The lowest BCUT2D eigenvalue weighted by atomic mass is 9.64. The van der Waals surface area contributed by atoms with Gasteiger partial charge in [0.25, 0.3) is 0 Å². The van der Waals surface area contributed by atoms with E-state index >= 15 is 0 Å². The molecule has 1 unspecified atom stereocenters. The van der Waals surface area contributed by atoms with Gasteiger partial charge in [-0.25, -0.2) is 0 Å². The standard InChI is InChI=1S/C29H46N2O.ClH/c1-2-13-29(14-3-1)15-11-27(12-16-29)30-17-6-20-32-28-10-9-25-21-24(7-8-26(25)22-28)23-31-18-4-5-19-31;/h9-10,22,24,27,30H,1-8,11-21,23H2;1H. The predicted molar refractivity (Wildman–Crippen MR) is 141 cm³/mol. The number of ether oxygens (including phenoxy) is 1. The molecule has 2 saturated carbocycles. The molecule has 1 aromatic rings. The minimum atomic E-state index is 0. The summed E-state index contributed by atoms with van der Waals surface area (Å²) in [4.78, 5) is 2.68.